The molecule has 0 spiro atoms. The molecule has 0 bridgehead atoms. The molecule has 1 fully saturated rings. The van der Waals surface area contributed by atoms with Gasteiger partial charge in [0.15, 0.2) is 0 Å². The lowest BCUT2D eigenvalue weighted by atomic mass is 10.1. The van der Waals surface area contributed by atoms with Crippen molar-refractivity contribution >= 4 is 34.0 Å². The minimum Gasteiger partial charge on any atom is -0.492 e. The number of sulfonamides is 1. The molecule has 0 aliphatic carbocycles. The molecule has 9 heteroatoms. The van der Waals surface area contributed by atoms with E-state index in [4.69, 9.17) is 26.8 Å². The van der Waals surface area contributed by atoms with E-state index in [1.54, 1.807) is 19.1 Å². The first-order valence-electron chi connectivity index (χ1n) is 7.54. The van der Waals surface area contributed by atoms with Gasteiger partial charge in [-0.1, -0.05) is 11.6 Å². The number of hydrogen-bond donors (Lipinski definition) is 1. The van der Waals surface area contributed by atoms with Crippen LogP contribution < -0.4 is 10.5 Å². The van der Waals surface area contributed by atoms with Gasteiger partial charge in [-0.2, -0.15) is 4.31 Å². The lowest BCUT2D eigenvalue weighted by Gasteiger charge is -2.24. The second-order valence-corrected chi connectivity index (χ2v) is 8.14. The van der Waals surface area contributed by atoms with E-state index < -0.39 is 10.0 Å². The number of nitrogens with two attached hydrogens (primary N) is 1. The molecule has 1 saturated heterocycles. The summed E-state index contributed by atoms with van der Waals surface area (Å²) in [6, 6.07) is 4.30. The highest BCUT2D eigenvalue weighted by atomic mass is 35.5. The number of halogens is 2. The Morgan fingerprint density at radius 3 is 2.79 bits per heavy atom. The molecule has 6 nitrogen and oxygen atoms in total. The molecule has 1 aliphatic rings. The molecule has 1 aromatic carbocycles. The second kappa shape index (κ2) is 9.22. The van der Waals surface area contributed by atoms with Gasteiger partial charge in [0, 0.05) is 37.2 Å². The third-order valence-electron chi connectivity index (χ3n) is 4.02. The lowest BCUT2D eigenvalue weighted by Crippen LogP contribution is -2.39. The number of benzene rings is 1. The predicted molar refractivity (Wildman–Crippen MR) is 96.6 cm³/mol. The average molecular weight is 399 g/mol. The summed E-state index contributed by atoms with van der Waals surface area (Å²) in [5, 5.41) is 0.342. The Morgan fingerprint density at radius 1 is 1.50 bits per heavy atom. The Balaban J connectivity index is 0.00000288. The van der Waals surface area contributed by atoms with Gasteiger partial charge in [0.1, 0.15) is 10.6 Å². The molecule has 2 unspecified atom stereocenters. The van der Waals surface area contributed by atoms with E-state index in [1.807, 2.05) is 0 Å². The number of likely N-dealkylation sites (N-methyl/N-ethyl adjacent to an activating group) is 1. The fraction of sp³-hybridized carbons (Fsp3) is 0.600. The monoisotopic (exact) mass is 398 g/mol. The van der Waals surface area contributed by atoms with Crippen molar-refractivity contribution in [3.63, 3.8) is 0 Å². The van der Waals surface area contributed by atoms with Gasteiger partial charge in [0.05, 0.1) is 13.2 Å². The average Bonchev–Trinajstić information content (AvgIpc) is 3.05. The van der Waals surface area contributed by atoms with Crippen LogP contribution in [0.15, 0.2) is 23.1 Å². The van der Waals surface area contributed by atoms with E-state index in [9.17, 15) is 8.42 Å². The molecule has 24 heavy (non-hydrogen) atoms. The number of hydrogen-bond acceptors (Lipinski definition) is 5. The molecule has 0 radical (unpaired) electrons. The summed E-state index contributed by atoms with van der Waals surface area (Å²) in [6.07, 6.45) is 0.916. The highest BCUT2D eigenvalue weighted by Gasteiger charge is 2.29. The standard InChI is InChI=1S/C15H23ClN2O4S.ClH/c1-11(8-17)18(2)23(19,20)15-7-13(16)3-4-14(15)22-10-12-5-6-21-9-12;/h3-4,7,11-12H,5-6,8-10,17H2,1-2H3;1H. The summed E-state index contributed by atoms with van der Waals surface area (Å²) in [7, 11) is -2.23. The largest absolute Gasteiger partial charge is 0.492 e. The maximum absolute atomic E-state index is 12.8. The first-order chi connectivity index (χ1) is 10.9. The molecule has 1 heterocycles. The van der Waals surface area contributed by atoms with E-state index in [0.29, 0.717) is 24.0 Å². The topological polar surface area (TPSA) is 81.9 Å². The van der Waals surface area contributed by atoms with Crippen molar-refractivity contribution in [2.24, 2.45) is 11.7 Å². The zero-order valence-corrected chi connectivity index (χ0v) is 16.2. The quantitative estimate of drug-likeness (QED) is 0.760. The zero-order chi connectivity index (χ0) is 17.0. The minimum atomic E-state index is -3.74. The maximum atomic E-state index is 12.8. The summed E-state index contributed by atoms with van der Waals surface area (Å²) in [6.45, 7) is 3.75. The Hall–Kier alpha value is -0.570. The molecule has 2 atom stereocenters. The molecule has 0 amide bonds. The van der Waals surface area contributed by atoms with Gasteiger partial charge in [-0.3, -0.25) is 0 Å². The van der Waals surface area contributed by atoms with E-state index >= 15 is 0 Å². The number of rotatable bonds is 7. The van der Waals surface area contributed by atoms with Crippen molar-refractivity contribution in [2.75, 3.05) is 33.4 Å². The van der Waals surface area contributed by atoms with Crippen molar-refractivity contribution in [2.45, 2.75) is 24.3 Å². The number of ether oxygens (including phenoxy) is 2. The minimum absolute atomic E-state index is 0. The van der Waals surface area contributed by atoms with Crippen molar-refractivity contribution in [1.29, 1.82) is 0 Å². The normalized spacial score (nSPS) is 19.1. The van der Waals surface area contributed by atoms with Gasteiger partial charge >= 0.3 is 0 Å². The molecular weight excluding hydrogens is 375 g/mol. The second-order valence-electron chi connectivity index (χ2n) is 5.74. The summed E-state index contributed by atoms with van der Waals surface area (Å²) in [4.78, 5) is 0.0618. The molecule has 0 saturated carbocycles. The van der Waals surface area contributed by atoms with E-state index in [2.05, 4.69) is 0 Å². The first kappa shape index (κ1) is 21.5. The SMILES string of the molecule is CC(CN)N(C)S(=O)(=O)c1cc(Cl)ccc1OCC1CCOC1.Cl. The van der Waals surface area contributed by atoms with Crippen LogP contribution in [0, 0.1) is 5.92 Å². The highest BCUT2D eigenvalue weighted by molar-refractivity contribution is 7.89. The summed E-state index contributed by atoms with van der Waals surface area (Å²) in [5.74, 6) is 0.583. The first-order valence-corrected chi connectivity index (χ1v) is 9.36. The number of nitrogens with zero attached hydrogens (tertiary/aromatic N) is 1. The van der Waals surface area contributed by atoms with Crippen LogP contribution in [-0.2, 0) is 14.8 Å². The molecule has 0 aromatic heterocycles. The van der Waals surface area contributed by atoms with Crippen molar-refractivity contribution in [3.8, 4) is 5.75 Å². The van der Waals surface area contributed by atoms with Crippen molar-refractivity contribution in [1.82, 2.24) is 4.31 Å². The molecule has 1 aliphatic heterocycles. The Bertz CT molecular complexity index is 636. The molecule has 2 rings (SSSR count). The Labute approximate surface area is 154 Å². The van der Waals surface area contributed by atoms with E-state index in [0.717, 1.165) is 13.0 Å². The molecular formula is C15H24Cl2N2O4S. The van der Waals surface area contributed by atoms with Crippen molar-refractivity contribution < 1.29 is 17.9 Å². The summed E-state index contributed by atoms with van der Waals surface area (Å²) in [5.41, 5.74) is 5.58. The molecule has 138 valence electrons. The third-order valence-corrected chi connectivity index (χ3v) is 6.25. The lowest BCUT2D eigenvalue weighted by molar-refractivity contribution is 0.166. The summed E-state index contributed by atoms with van der Waals surface area (Å²) < 4.78 is 37.9. The van der Waals surface area contributed by atoms with Crippen LogP contribution in [0.25, 0.3) is 0 Å². The van der Waals surface area contributed by atoms with Gasteiger partial charge in [0.2, 0.25) is 10.0 Å². The van der Waals surface area contributed by atoms with Crippen LogP contribution in [-0.4, -0.2) is 52.2 Å². The summed E-state index contributed by atoms with van der Waals surface area (Å²) >= 11 is 5.99. The van der Waals surface area contributed by atoms with Gasteiger partial charge < -0.3 is 15.2 Å². The third kappa shape index (κ3) is 4.97. The fourth-order valence-corrected chi connectivity index (χ4v) is 4.03. The van der Waals surface area contributed by atoms with Gasteiger partial charge in [-0.25, -0.2) is 8.42 Å². The van der Waals surface area contributed by atoms with Gasteiger partial charge in [-0.05, 0) is 31.5 Å². The van der Waals surface area contributed by atoms with Crippen LogP contribution in [0.1, 0.15) is 13.3 Å². The van der Waals surface area contributed by atoms with E-state index in [1.165, 1.54) is 17.4 Å². The predicted octanol–water partition coefficient (Wildman–Crippen LogP) is 2.14. The van der Waals surface area contributed by atoms with E-state index in [-0.39, 0.29) is 35.8 Å². The van der Waals surface area contributed by atoms with Crippen LogP contribution in [0.4, 0.5) is 0 Å². The molecule has 1 aromatic rings. The van der Waals surface area contributed by atoms with Crippen LogP contribution in [0.5, 0.6) is 5.75 Å². The highest BCUT2D eigenvalue weighted by Crippen LogP contribution is 2.30. The fourth-order valence-electron chi connectivity index (χ4n) is 2.27. The molecule has 2 N–H and O–H groups in total. The van der Waals surface area contributed by atoms with Gasteiger partial charge in [-0.15, -0.1) is 12.4 Å². The smallest absolute Gasteiger partial charge is 0.246 e. The van der Waals surface area contributed by atoms with Gasteiger partial charge in [0.25, 0.3) is 0 Å². The Kier molecular flexibility index (Phi) is 8.25. The Morgan fingerprint density at radius 2 is 2.21 bits per heavy atom. The zero-order valence-electron chi connectivity index (χ0n) is 13.8. The maximum Gasteiger partial charge on any atom is 0.246 e. The van der Waals surface area contributed by atoms with Crippen LogP contribution >= 0.6 is 24.0 Å². The van der Waals surface area contributed by atoms with Crippen LogP contribution in [0.2, 0.25) is 5.02 Å². The van der Waals surface area contributed by atoms with Crippen LogP contribution in [0.3, 0.4) is 0 Å². The van der Waals surface area contributed by atoms with Crippen molar-refractivity contribution in [3.05, 3.63) is 23.2 Å².